The van der Waals surface area contributed by atoms with Gasteiger partial charge in [-0.1, -0.05) is 0 Å². The molecule has 1 N–H and O–H groups in total. The molecule has 15 heavy (non-hydrogen) atoms. The lowest BCUT2D eigenvalue weighted by Crippen LogP contribution is -2.62. The van der Waals surface area contributed by atoms with Gasteiger partial charge in [-0.3, -0.25) is 0 Å². The van der Waals surface area contributed by atoms with Crippen LogP contribution in [0.15, 0.2) is 0 Å². The monoisotopic (exact) mass is 232 g/mol. The van der Waals surface area contributed by atoms with Crippen molar-refractivity contribution in [1.82, 2.24) is 0 Å². The molecule has 0 rings (SSSR count). The minimum absolute atomic E-state index is 0.406. The lowest BCUT2D eigenvalue weighted by Gasteiger charge is -2.35. The highest BCUT2D eigenvalue weighted by Gasteiger charge is 2.71. The highest BCUT2D eigenvalue weighted by atomic mass is 19.4. The number of rotatable bonds is 3. The maximum absolute atomic E-state index is 13.5. The van der Waals surface area contributed by atoms with Gasteiger partial charge in [-0.05, 0) is 20.8 Å². The molecule has 0 aliphatic carbocycles. The van der Waals surface area contributed by atoms with Gasteiger partial charge in [0, 0.05) is 0 Å². The number of esters is 1. The second kappa shape index (κ2) is 3.96. The third-order valence-corrected chi connectivity index (χ3v) is 1.79. The quantitative estimate of drug-likeness (QED) is 0.593. The van der Waals surface area contributed by atoms with Crippen molar-refractivity contribution in [2.75, 3.05) is 6.61 Å². The Morgan fingerprint density at radius 3 is 1.87 bits per heavy atom. The Bertz CT molecular complexity index is 227. The van der Waals surface area contributed by atoms with E-state index in [0.717, 1.165) is 0 Å². The van der Waals surface area contributed by atoms with Crippen LogP contribution >= 0.6 is 0 Å². The van der Waals surface area contributed by atoms with E-state index in [0.29, 0.717) is 13.8 Å². The molecule has 7 heteroatoms. The van der Waals surface area contributed by atoms with Crippen LogP contribution in [0.5, 0.6) is 0 Å². The van der Waals surface area contributed by atoms with Crippen molar-refractivity contribution in [1.29, 1.82) is 0 Å². The first-order valence-corrected chi connectivity index (χ1v) is 4.13. The van der Waals surface area contributed by atoms with E-state index in [4.69, 9.17) is 5.11 Å². The van der Waals surface area contributed by atoms with Crippen molar-refractivity contribution in [2.24, 2.45) is 0 Å². The lowest BCUT2D eigenvalue weighted by molar-refractivity contribution is -0.279. The Hall–Kier alpha value is -0.850. The van der Waals surface area contributed by atoms with Crippen LogP contribution in [0.1, 0.15) is 20.8 Å². The maximum Gasteiger partial charge on any atom is 0.436 e. The first-order valence-electron chi connectivity index (χ1n) is 4.13. The van der Waals surface area contributed by atoms with Gasteiger partial charge < -0.3 is 9.84 Å². The third-order valence-electron chi connectivity index (χ3n) is 1.79. The Morgan fingerprint density at radius 1 is 1.27 bits per heavy atom. The second-order valence-corrected chi connectivity index (χ2v) is 3.44. The number of halogens is 4. The summed E-state index contributed by atoms with van der Waals surface area (Å²) in [5.74, 6) is -2.13. The molecule has 0 saturated carbocycles. The smallest absolute Gasteiger partial charge is 0.436 e. The van der Waals surface area contributed by atoms with Gasteiger partial charge >= 0.3 is 17.8 Å². The predicted octanol–water partition coefficient (Wildman–Crippen LogP) is 1.59. The van der Waals surface area contributed by atoms with Crippen LogP contribution in [0.25, 0.3) is 0 Å². The minimum atomic E-state index is -5.53. The molecule has 0 aliphatic heterocycles. The second-order valence-electron chi connectivity index (χ2n) is 3.44. The zero-order chi connectivity index (χ0) is 12.5. The number of hydrogen-bond acceptors (Lipinski definition) is 3. The SMILES string of the molecule is CCOC(=O)C(F)(C(C)(C)O)C(F)(F)F. The van der Waals surface area contributed by atoms with Crippen LogP contribution in [0.3, 0.4) is 0 Å². The number of carbonyl (C=O) groups excluding carboxylic acids is 1. The molecule has 0 aliphatic rings. The molecule has 0 heterocycles. The molecule has 0 amide bonds. The fraction of sp³-hybridized carbons (Fsp3) is 0.875. The number of ether oxygens (including phenoxy) is 1. The van der Waals surface area contributed by atoms with E-state index in [1.165, 1.54) is 6.92 Å². The average Bonchev–Trinajstić information content (AvgIpc) is 1.99. The first kappa shape index (κ1) is 14.2. The zero-order valence-electron chi connectivity index (χ0n) is 8.48. The van der Waals surface area contributed by atoms with Crippen LogP contribution in [0.4, 0.5) is 17.6 Å². The highest BCUT2D eigenvalue weighted by molar-refractivity contribution is 5.82. The van der Waals surface area contributed by atoms with E-state index in [1.54, 1.807) is 0 Å². The summed E-state index contributed by atoms with van der Waals surface area (Å²) in [6, 6.07) is 0. The van der Waals surface area contributed by atoms with Crippen LogP contribution in [0.2, 0.25) is 0 Å². The highest BCUT2D eigenvalue weighted by Crippen LogP contribution is 2.42. The normalized spacial score (nSPS) is 17.1. The standard InChI is InChI=1S/C8H12F4O3/c1-4-15-5(13)7(9,6(2,3)14)8(10,11)12/h14H,4H2,1-3H3. The van der Waals surface area contributed by atoms with Gasteiger partial charge in [0.1, 0.15) is 5.60 Å². The van der Waals surface area contributed by atoms with Crippen molar-refractivity contribution < 1.29 is 32.2 Å². The Balaban J connectivity index is 5.33. The molecule has 0 bridgehead atoms. The molecule has 1 atom stereocenters. The maximum atomic E-state index is 13.5. The first-order chi connectivity index (χ1) is 6.48. The van der Waals surface area contributed by atoms with Gasteiger partial charge in [0.2, 0.25) is 0 Å². The van der Waals surface area contributed by atoms with Crippen LogP contribution in [-0.4, -0.2) is 35.1 Å². The van der Waals surface area contributed by atoms with E-state index < -0.39 is 30.0 Å². The van der Waals surface area contributed by atoms with E-state index in [2.05, 4.69) is 4.74 Å². The predicted molar refractivity (Wildman–Crippen MR) is 42.8 cm³/mol. The summed E-state index contributed by atoms with van der Waals surface area (Å²) in [7, 11) is 0. The molecule has 0 radical (unpaired) electrons. The Morgan fingerprint density at radius 2 is 1.67 bits per heavy atom. The molecular weight excluding hydrogens is 220 g/mol. The molecule has 90 valence electrons. The van der Waals surface area contributed by atoms with E-state index >= 15 is 0 Å². The average molecular weight is 232 g/mol. The van der Waals surface area contributed by atoms with Gasteiger partial charge in [-0.2, -0.15) is 13.2 Å². The fourth-order valence-electron chi connectivity index (χ4n) is 0.943. The molecule has 0 aromatic carbocycles. The summed E-state index contributed by atoms with van der Waals surface area (Å²) in [6.45, 7) is 1.94. The van der Waals surface area contributed by atoms with E-state index in [1.807, 2.05) is 0 Å². The van der Waals surface area contributed by atoms with Gasteiger partial charge in [0.15, 0.2) is 0 Å². The van der Waals surface area contributed by atoms with Crippen LogP contribution < -0.4 is 0 Å². The molecule has 1 unspecified atom stereocenters. The number of aliphatic hydroxyl groups is 1. The topological polar surface area (TPSA) is 46.5 Å². The van der Waals surface area contributed by atoms with Crippen LogP contribution in [-0.2, 0) is 9.53 Å². The number of alkyl halides is 4. The molecule has 3 nitrogen and oxygen atoms in total. The largest absolute Gasteiger partial charge is 0.463 e. The summed E-state index contributed by atoms with van der Waals surface area (Å²) < 4.78 is 54.5. The number of carbonyl (C=O) groups is 1. The van der Waals surface area contributed by atoms with Gasteiger partial charge in [0.05, 0.1) is 6.61 Å². The molecule has 0 aromatic heterocycles. The van der Waals surface area contributed by atoms with E-state index in [9.17, 15) is 22.4 Å². The summed E-state index contributed by atoms with van der Waals surface area (Å²) in [5.41, 5.74) is -7.33. The van der Waals surface area contributed by atoms with Gasteiger partial charge in [0.25, 0.3) is 0 Å². The van der Waals surface area contributed by atoms with Crippen molar-refractivity contribution >= 4 is 5.97 Å². The van der Waals surface area contributed by atoms with Crippen LogP contribution in [0, 0.1) is 0 Å². The van der Waals surface area contributed by atoms with Crippen molar-refractivity contribution in [3.05, 3.63) is 0 Å². The molecule has 0 spiro atoms. The van der Waals surface area contributed by atoms with Crippen molar-refractivity contribution in [3.63, 3.8) is 0 Å². The summed E-state index contributed by atoms with van der Waals surface area (Å²) >= 11 is 0. The fourth-order valence-corrected chi connectivity index (χ4v) is 0.943. The Kier molecular flexibility index (Phi) is 3.73. The summed E-state index contributed by atoms with van der Waals surface area (Å²) in [6.07, 6.45) is -5.53. The summed E-state index contributed by atoms with van der Waals surface area (Å²) in [4.78, 5) is 10.9. The van der Waals surface area contributed by atoms with Crippen molar-refractivity contribution in [2.45, 2.75) is 38.2 Å². The zero-order valence-corrected chi connectivity index (χ0v) is 8.48. The number of hydrogen-bond donors (Lipinski definition) is 1. The van der Waals surface area contributed by atoms with Crippen molar-refractivity contribution in [3.8, 4) is 0 Å². The Labute approximate surface area is 84.0 Å². The summed E-state index contributed by atoms with van der Waals surface area (Å²) in [5, 5.41) is 9.07. The van der Waals surface area contributed by atoms with E-state index in [-0.39, 0.29) is 0 Å². The lowest BCUT2D eigenvalue weighted by atomic mass is 9.87. The molecule has 0 aromatic rings. The molecule has 0 fully saturated rings. The minimum Gasteiger partial charge on any atom is -0.463 e. The third kappa shape index (κ3) is 2.39. The molecular formula is C8H12F4O3. The van der Waals surface area contributed by atoms with Gasteiger partial charge in [-0.25, -0.2) is 9.18 Å². The molecule has 0 saturated heterocycles. The van der Waals surface area contributed by atoms with Gasteiger partial charge in [-0.15, -0.1) is 0 Å².